The molecule has 2 unspecified atom stereocenters. The monoisotopic (exact) mass is 985 g/mol. The van der Waals surface area contributed by atoms with Gasteiger partial charge in [-0.2, -0.15) is 20.4 Å². The summed E-state index contributed by atoms with van der Waals surface area (Å²) in [4.78, 5) is 36.7. The van der Waals surface area contributed by atoms with Crippen molar-refractivity contribution in [1.82, 2.24) is 53.7 Å². The van der Waals surface area contributed by atoms with Gasteiger partial charge in [0.1, 0.15) is 18.7 Å². The second-order valence-corrected chi connectivity index (χ2v) is 18.0. The first kappa shape index (κ1) is 49.4. The van der Waals surface area contributed by atoms with Gasteiger partial charge in [-0.05, 0) is 92.8 Å². The lowest BCUT2D eigenvalue weighted by Gasteiger charge is -2.24. The van der Waals surface area contributed by atoms with Gasteiger partial charge in [-0.3, -0.25) is 23.9 Å². The Hall–Kier alpha value is -7.98. The number of benzene rings is 4. The fourth-order valence-corrected chi connectivity index (χ4v) is 8.13. The van der Waals surface area contributed by atoms with Crippen LogP contribution in [0.1, 0.15) is 50.3 Å². The van der Waals surface area contributed by atoms with Crippen molar-refractivity contribution in [2.75, 3.05) is 24.7 Å². The Bertz CT molecular complexity index is 3400. The summed E-state index contributed by atoms with van der Waals surface area (Å²) in [7, 11) is 7.53. The van der Waals surface area contributed by atoms with Crippen LogP contribution in [0.3, 0.4) is 0 Å². The van der Waals surface area contributed by atoms with Crippen molar-refractivity contribution in [3.63, 3.8) is 0 Å². The molecular formula is C54H53Cl2N13O2. The fourth-order valence-electron chi connectivity index (χ4n) is 7.88. The molecule has 0 aliphatic carbocycles. The van der Waals surface area contributed by atoms with Crippen LogP contribution in [0.2, 0.25) is 10.0 Å². The first-order chi connectivity index (χ1) is 34.3. The van der Waals surface area contributed by atoms with Gasteiger partial charge in [0.05, 0.1) is 40.7 Å². The summed E-state index contributed by atoms with van der Waals surface area (Å²) >= 11 is 12.0. The molecule has 71 heavy (non-hydrogen) atoms. The third-order valence-corrected chi connectivity index (χ3v) is 12.0. The number of aryl methyl sites for hydroxylation is 2. The van der Waals surface area contributed by atoms with Gasteiger partial charge in [-0.15, -0.1) is 0 Å². The van der Waals surface area contributed by atoms with Crippen molar-refractivity contribution in [3.05, 3.63) is 180 Å². The van der Waals surface area contributed by atoms with Crippen LogP contribution in [-0.4, -0.2) is 79.6 Å². The highest BCUT2D eigenvalue weighted by atomic mass is 35.5. The average molecular weight is 987 g/mol. The molecule has 4 aromatic carbocycles. The summed E-state index contributed by atoms with van der Waals surface area (Å²) in [5.41, 5.74) is 12.5. The Labute approximate surface area is 421 Å². The maximum Gasteiger partial charge on any atom is 0.246 e. The summed E-state index contributed by atoms with van der Waals surface area (Å²) in [5, 5.41) is 24.5. The fraction of sp³-hybridized carbons (Fsp3) is 0.185. The van der Waals surface area contributed by atoms with Crippen LogP contribution in [0.4, 0.5) is 11.4 Å². The lowest BCUT2D eigenvalue weighted by Crippen LogP contribution is -2.32. The Balaban J connectivity index is 0.000000181. The van der Waals surface area contributed by atoms with E-state index in [4.69, 9.17) is 23.2 Å². The number of hydrogen-bond acceptors (Lipinski definition) is 9. The summed E-state index contributed by atoms with van der Waals surface area (Å²) in [6, 6.07) is 33.6. The molecule has 6 aromatic heterocycles. The normalized spacial score (nSPS) is 11.9. The summed E-state index contributed by atoms with van der Waals surface area (Å²) < 4.78 is 7.17. The molecule has 2 N–H and O–H groups in total. The zero-order chi connectivity index (χ0) is 50.2. The van der Waals surface area contributed by atoms with Crippen LogP contribution < -0.4 is 10.6 Å². The van der Waals surface area contributed by atoms with Crippen molar-refractivity contribution in [3.8, 4) is 44.8 Å². The highest BCUT2D eigenvalue weighted by molar-refractivity contribution is 6.30. The van der Waals surface area contributed by atoms with E-state index in [9.17, 15) is 9.59 Å². The minimum atomic E-state index is -0.444. The second kappa shape index (κ2) is 22.2. The number of carbonyl (C=O) groups excluding carboxylic acids is 2. The van der Waals surface area contributed by atoms with E-state index in [1.54, 1.807) is 46.3 Å². The Morgan fingerprint density at radius 3 is 1.35 bits per heavy atom. The Morgan fingerprint density at radius 1 is 0.549 bits per heavy atom. The smallest absolute Gasteiger partial charge is 0.246 e. The number of rotatable bonds is 11. The van der Waals surface area contributed by atoms with Crippen molar-refractivity contribution >= 4 is 57.4 Å². The predicted molar refractivity (Wildman–Crippen MR) is 282 cm³/mol. The minimum Gasteiger partial charge on any atom is -0.326 e. The molecule has 6 heterocycles. The molecule has 15 nitrogen and oxygen atoms in total. The van der Waals surface area contributed by atoms with Crippen LogP contribution in [0.25, 0.3) is 55.8 Å². The average Bonchev–Trinajstić information content (AvgIpc) is 4.20. The van der Waals surface area contributed by atoms with Gasteiger partial charge < -0.3 is 10.6 Å². The molecule has 0 saturated carbocycles. The van der Waals surface area contributed by atoms with E-state index in [1.807, 2.05) is 159 Å². The van der Waals surface area contributed by atoms with Gasteiger partial charge in [-0.1, -0.05) is 92.0 Å². The number of carbonyl (C=O) groups is 2. The number of nitrogens with one attached hydrogen (secondary N) is 2. The molecule has 360 valence electrons. The Morgan fingerprint density at radius 2 is 0.958 bits per heavy atom. The van der Waals surface area contributed by atoms with Crippen molar-refractivity contribution in [1.29, 1.82) is 0 Å². The van der Waals surface area contributed by atoms with Crippen LogP contribution in [-0.2, 0) is 23.7 Å². The predicted octanol–water partition coefficient (Wildman–Crippen LogP) is 11.3. The zero-order valence-corrected chi connectivity index (χ0v) is 41.9. The van der Waals surface area contributed by atoms with Gasteiger partial charge in [0.25, 0.3) is 0 Å². The van der Waals surface area contributed by atoms with E-state index < -0.39 is 6.04 Å². The van der Waals surface area contributed by atoms with Crippen molar-refractivity contribution in [2.24, 2.45) is 14.1 Å². The van der Waals surface area contributed by atoms with Crippen molar-refractivity contribution < 1.29 is 9.59 Å². The molecule has 2 atom stereocenters. The van der Waals surface area contributed by atoms with E-state index in [1.165, 1.54) is 6.42 Å². The summed E-state index contributed by atoms with van der Waals surface area (Å²) in [6.07, 6.45) is 15.8. The van der Waals surface area contributed by atoms with Gasteiger partial charge in [0, 0.05) is 93.7 Å². The molecular weight excluding hydrogens is 934 g/mol. The number of hydrogen-bond donors (Lipinski definition) is 2. The van der Waals surface area contributed by atoms with E-state index in [0.717, 1.165) is 72.6 Å². The molecule has 0 aliphatic rings. The van der Waals surface area contributed by atoms with Gasteiger partial charge >= 0.3 is 0 Å². The lowest BCUT2D eigenvalue weighted by molar-refractivity contribution is -0.120. The number of likely N-dealkylation sites (N-methyl/N-ethyl adjacent to an activating group) is 1. The maximum atomic E-state index is 13.1. The third kappa shape index (κ3) is 11.7. The number of nitrogens with zero attached hydrogens (tertiary/aromatic N) is 11. The van der Waals surface area contributed by atoms with Gasteiger partial charge in [0.15, 0.2) is 0 Å². The number of aromatic nitrogens is 10. The number of anilines is 2. The quantitative estimate of drug-likeness (QED) is 0.129. The van der Waals surface area contributed by atoms with Crippen LogP contribution in [0.5, 0.6) is 0 Å². The molecule has 17 heteroatoms. The SMILES string of the molecule is CC(C(=O)Nc1ccc(-c2ncnn3cc(-c4cnn(C)c4)cc23)cc1)c1ccc(Cl)cc1.CCC.CN(C)C(C(=O)Nc1ccc(-c2ncnn3cc(-c4cnn(C)c4)cc23)cc1)c1ccc(Cl)cc1. The molecule has 2 amide bonds. The topological polar surface area (TPSA) is 157 Å². The minimum absolute atomic E-state index is 0.0813. The van der Waals surface area contributed by atoms with Crippen LogP contribution in [0, 0.1) is 0 Å². The van der Waals surface area contributed by atoms with Gasteiger partial charge in [-0.25, -0.2) is 19.0 Å². The molecule has 0 fully saturated rings. The molecule has 10 rings (SSSR count). The number of fused-ring (bicyclic) bond motifs is 2. The molecule has 0 radical (unpaired) electrons. The molecule has 10 aromatic rings. The summed E-state index contributed by atoms with van der Waals surface area (Å²) in [5.74, 6) is -0.501. The standard InChI is InChI=1S/C26H24ClN7O.C25H21ClN6O.C3H8/c1-32(2)25(18-4-8-21(27)9-5-18)26(35)31-22-10-6-17(7-11-22)24-23-12-19(15-34(23)30-16-28-24)20-13-29-33(3)14-20;1-16(17-3-7-21(26)8-4-17)25(33)30-22-9-5-18(6-10-22)24-23-11-19(14-32(23)29-15-27-24)20-12-28-31(2)13-20;1-3-2/h4-16,25H,1-3H3,(H,31,35);3-16H,1-2H3,(H,30,33);3H2,1-2H3. The third-order valence-electron chi connectivity index (χ3n) is 11.5. The highest BCUT2D eigenvalue weighted by Gasteiger charge is 2.23. The van der Waals surface area contributed by atoms with E-state index in [2.05, 4.69) is 67.0 Å². The van der Waals surface area contributed by atoms with E-state index in [-0.39, 0.29) is 17.7 Å². The molecule has 0 bridgehead atoms. The van der Waals surface area contributed by atoms with Gasteiger partial charge in [0.2, 0.25) is 11.8 Å². The maximum absolute atomic E-state index is 13.1. The lowest BCUT2D eigenvalue weighted by atomic mass is 10.0. The highest BCUT2D eigenvalue weighted by Crippen LogP contribution is 2.31. The van der Waals surface area contributed by atoms with E-state index in [0.29, 0.717) is 15.7 Å². The zero-order valence-electron chi connectivity index (χ0n) is 40.4. The first-order valence-corrected chi connectivity index (χ1v) is 23.7. The first-order valence-electron chi connectivity index (χ1n) is 22.9. The summed E-state index contributed by atoms with van der Waals surface area (Å²) in [6.45, 7) is 6.12. The Kier molecular flexibility index (Phi) is 15.5. The van der Waals surface area contributed by atoms with Crippen LogP contribution in [0.15, 0.2) is 159 Å². The largest absolute Gasteiger partial charge is 0.326 e. The number of halogens is 2. The van der Waals surface area contributed by atoms with Crippen molar-refractivity contribution in [2.45, 2.75) is 39.2 Å². The van der Waals surface area contributed by atoms with Crippen LogP contribution >= 0.6 is 23.2 Å². The molecule has 0 saturated heterocycles. The second-order valence-electron chi connectivity index (χ2n) is 17.2. The molecule has 0 aliphatic heterocycles. The number of amides is 2. The van der Waals surface area contributed by atoms with E-state index >= 15 is 0 Å². The molecule has 0 spiro atoms.